The van der Waals surface area contributed by atoms with Crippen molar-refractivity contribution in [2.24, 2.45) is 11.5 Å². The molecular weight excluding hydrogens is 422 g/mol. The Morgan fingerprint density at radius 1 is 1.14 bits per heavy atom. The van der Waals surface area contributed by atoms with Crippen molar-refractivity contribution in [2.45, 2.75) is 41.0 Å². The Labute approximate surface area is 173 Å². The lowest BCUT2D eigenvalue weighted by Crippen LogP contribution is -2.18. The number of amides is 1. The van der Waals surface area contributed by atoms with E-state index in [2.05, 4.69) is 20.9 Å². The number of benzene rings is 1. The van der Waals surface area contributed by atoms with Crippen molar-refractivity contribution in [2.75, 3.05) is 6.61 Å². The van der Waals surface area contributed by atoms with Gasteiger partial charge >= 0.3 is 0 Å². The van der Waals surface area contributed by atoms with E-state index >= 15 is 0 Å². The van der Waals surface area contributed by atoms with Crippen LogP contribution >= 0.6 is 15.9 Å². The van der Waals surface area contributed by atoms with E-state index in [0.717, 1.165) is 29.0 Å². The molecular formula is C21H26BrN3O3. The number of aryl methyl sites for hydroxylation is 1. The molecule has 0 radical (unpaired) electrons. The number of nitrogens with zero attached hydrogens (tertiary/aromatic N) is 1. The fourth-order valence-electron chi connectivity index (χ4n) is 3.07. The number of allylic oxidation sites excluding steroid dienone is 1. The van der Waals surface area contributed by atoms with Crippen LogP contribution in [0.25, 0.3) is 5.57 Å². The maximum absolute atomic E-state index is 11.5. The monoisotopic (exact) mass is 447 g/mol. The second-order valence-corrected chi connectivity index (χ2v) is 7.60. The molecule has 1 aromatic heterocycles. The molecule has 0 unspecified atom stereocenters. The Kier molecular flexibility index (Phi) is 6.72. The lowest BCUT2D eigenvalue weighted by molar-refractivity contribution is -0.112. The Balaban J connectivity index is 0.000000237. The average Bonchev–Trinajstić information content (AvgIpc) is 3.08. The van der Waals surface area contributed by atoms with Crippen LogP contribution in [-0.4, -0.2) is 22.6 Å². The molecule has 1 amide bonds. The molecule has 150 valence electrons. The van der Waals surface area contributed by atoms with Gasteiger partial charge in [-0.25, -0.2) is 4.98 Å². The zero-order valence-corrected chi connectivity index (χ0v) is 18.4. The molecule has 28 heavy (non-hydrogen) atoms. The Morgan fingerprint density at radius 3 is 2.32 bits per heavy atom. The SMILES string of the molecule is C/C(N)=C(/C(N)=O)c1c(Br)nc2c(c1C)OCC2.Cc1ccc(O)c(C)c1C. The van der Waals surface area contributed by atoms with Crippen molar-refractivity contribution in [3.8, 4) is 11.5 Å². The minimum Gasteiger partial charge on any atom is -0.508 e. The summed E-state index contributed by atoms with van der Waals surface area (Å²) in [5, 5.41) is 9.22. The number of aromatic nitrogens is 1. The van der Waals surface area contributed by atoms with Crippen molar-refractivity contribution >= 4 is 27.4 Å². The standard InChI is InChI=1S/C12H14BrN3O2.C9H12O/c1-5-8(9(6(2)14)12(15)17)11(13)16-7-3-4-18-10(5)7;1-6-4-5-9(10)8(3)7(6)2/h3-4,14H2,1-2H3,(H2,15,17);4-5,10H,1-3H3/b9-6-;. The van der Waals surface area contributed by atoms with Crippen molar-refractivity contribution in [1.82, 2.24) is 4.98 Å². The molecule has 0 fully saturated rings. The zero-order valence-electron chi connectivity index (χ0n) is 16.8. The molecule has 0 bridgehead atoms. The summed E-state index contributed by atoms with van der Waals surface area (Å²) in [4.78, 5) is 15.9. The van der Waals surface area contributed by atoms with Gasteiger partial charge in [-0.05, 0) is 73.3 Å². The van der Waals surface area contributed by atoms with Crippen LogP contribution in [0.2, 0.25) is 0 Å². The van der Waals surface area contributed by atoms with E-state index in [0.29, 0.717) is 28.2 Å². The minimum absolute atomic E-state index is 0.283. The van der Waals surface area contributed by atoms with E-state index in [9.17, 15) is 9.90 Å². The van der Waals surface area contributed by atoms with Gasteiger partial charge in [-0.1, -0.05) is 6.07 Å². The molecule has 0 spiro atoms. The summed E-state index contributed by atoms with van der Waals surface area (Å²) in [7, 11) is 0. The van der Waals surface area contributed by atoms with Gasteiger partial charge in [0.15, 0.2) is 0 Å². The molecule has 0 aliphatic carbocycles. The number of phenols is 1. The first-order valence-electron chi connectivity index (χ1n) is 8.90. The average molecular weight is 448 g/mol. The van der Waals surface area contributed by atoms with Gasteiger partial charge < -0.3 is 21.3 Å². The van der Waals surface area contributed by atoms with Gasteiger partial charge in [0.2, 0.25) is 0 Å². The molecule has 1 aliphatic heterocycles. The van der Waals surface area contributed by atoms with E-state index in [1.54, 1.807) is 13.0 Å². The lowest BCUT2D eigenvalue weighted by atomic mass is 9.99. The second-order valence-electron chi connectivity index (χ2n) is 6.85. The number of carbonyl (C=O) groups is 1. The highest BCUT2D eigenvalue weighted by Crippen LogP contribution is 2.37. The molecule has 2 aromatic rings. The number of pyridine rings is 1. The van der Waals surface area contributed by atoms with Crippen LogP contribution < -0.4 is 16.2 Å². The van der Waals surface area contributed by atoms with Crippen LogP contribution in [0.5, 0.6) is 11.5 Å². The van der Waals surface area contributed by atoms with Gasteiger partial charge in [0.1, 0.15) is 16.1 Å². The first-order chi connectivity index (χ1) is 13.1. The predicted molar refractivity (Wildman–Crippen MR) is 114 cm³/mol. The third-order valence-electron chi connectivity index (χ3n) is 4.92. The summed E-state index contributed by atoms with van der Waals surface area (Å²) in [5.74, 6) is 0.551. The highest BCUT2D eigenvalue weighted by molar-refractivity contribution is 9.10. The number of ether oxygens (including phenoxy) is 1. The number of fused-ring (bicyclic) bond motifs is 1. The summed E-state index contributed by atoms with van der Waals surface area (Å²) in [6, 6.07) is 3.66. The normalized spacial score (nSPS) is 13.1. The molecule has 0 saturated carbocycles. The molecule has 7 heteroatoms. The highest BCUT2D eigenvalue weighted by Gasteiger charge is 2.25. The third-order valence-corrected chi connectivity index (χ3v) is 5.50. The van der Waals surface area contributed by atoms with Crippen LogP contribution in [-0.2, 0) is 11.2 Å². The topological polar surface area (TPSA) is 111 Å². The van der Waals surface area contributed by atoms with Gasteiger partial charge in [-0.3, -0.25) is 4.79 Å². The largest absolute Gasteiger partial charge is 0.508 e. The maximum atomic E-state index is 11.5. The first kappa shape index (κ1) is 21.8. The fourth-order valence-corrected chi connectivity index (χ4v) is 3.78. The van der Waals surface area contributed by atoms with E-state index in [1.807, 2.05) is 33.8 Å². The number of carbonyl (C=O) groups excluding carboxylic acids is 1. The minimum atomic E-state index is -0.571. The summed E-state index contributed by atoms with van der Waals surface area (Å²) in [5.41, 5.74) is 17.5. The van der Waals surface area contributed by atoms with Gasteiger partial charge in [0.05, 0.1) is 17.9 Å². The molecule has 0 atom stereocenters. The maximum Gasteiger partial charge on any atom is 0.251 e. The number of aromatic hydroxyl groups is 1. The first-order valence-corrected chi connectivity index (χ1v) is 9.69. The molecule has 2 heterocycles. The molecule has 5 N–H and O–H groups in total. The number of hydrogen-bond acceptors (Lipinski definition) is 5. The van der Waals surface area contributed by atoms with Gasteiger partial charge in [0, 0.05) is 23.2 Å². The number of primary amides is 1. The van der Waals surface area contributed by atoms with Gasteiger partial charge in [-0.15, -0.1) is 0 Å². The van der Waals surface area contributed by atoms with Crippen LogP contribution in [0.3, 0.4) is 0 Å². The van der Waals surface area contributed by atoms with Crippen LogP contribution in [0.4, 0.5) is 0 Å². The lowest BCUT2D eigenvalue weighted by Gasteiger charge is -2.14. The molecule has 1 aliphatic rings. The summed E-state index contributed by atoms with van der Waals surface area (Å²) >= 11 is 3.37. The summed E-state index contributed by atoms with van der Waals surface area (Å²) in [6.07, 6.45) is 0.770. The van der Waals surface area contributed by atoms with Crippen LogP contribution in [0.1, 0.15) is 40.4 Å². The van der Waals surface area contributed by atoms with Crippen molar-refractivity contribution in [3.05, 3.63) is 55.9 Å². The summed E-state index contributed by atoms with van der Waals surface area (Å²) in [6.45, 7) is 10.1. The Bertz CT molecular complexity index is 937. The van der Waals surface area contributed by atoms with Crippen LogP contribution in [0.15, 0.2) is 22.4 Å². The number of halogens is 1. The van der Waals surface area contributed by atoms with E-state index in [1.165, 1.54) is 11.1 Å². The predicted octanol–water partition coefficient (Wildman–Crippen LogP) is 3.58. The Hall–Kier alpha value is -2.54. The smallest absolute Gasteiger partial charge is 0.251 e. The van der Waals surface area contributed by atoms with E-state index in [-0.39, 0.29) is 5.57 Å². The molecule has 1 aromatic carbocycles. The van der Waals surface area contributed by atoms with Crippen molar-refractivity contribution in [3.63, 3.8) is 0 Å². The number of phenolic OH excluding ortho intramolecular Hbond substituents is 1. The van der Waals surface area contributed by atoms with Crippen molar-refractivity contribution in [1.29, 1.82) is 0 Å². The van der Waals surface area contributed by atoms with Crippen molar-refractivity contribution < 1.29 is 14.6 Å². The van der Waals surface area contributed by atoms with Crippen LogP contribution in [0, 0.1) is 27.7 Å². The van der Waals surface area contributed by atoms with E-state index in [4.69, 9.17) is 16.2 Å². The molecule has 3 rings (SSSR count). The third kappa shape index (κ3) is 4.30. The quantitative estimate of drug-likeness (QED) is 0.480. The fraction of sp³-hybridized carbons (Fsp3) is 0.333. The number of rotatable bonds is 2. The molecule has 0 saturated heterocycles. The number of hydrogen-bond donors (Lipinski definition) is 3. The highest BCUT2D eigenvalue weighted by atomic mass is 79.9. The Morgan fingerprint density at radius 2 is 1.79 bits per heavy atom. The second kappa shape index (κ2) is 8.65. The summed E-state index contributed by atoms with van der Waals surface area (Å²) < 4.78 is 6.11. The zero-order chi connectivity index (χ0) is 21.2. The molecule has 6 nitrogen and oxygen atoms in total. The van der Waals surface area contributed by atoms with Gasteiger partial charge in [0.25, 0.3) is 5.91 Å². The van der Waals surface area contributed by atoms with E-state index < -0.39 is 5.91 Å². The van der Waals surface area contributed by atoms with Gasteiger partial charge in [-0.2, -0.15) is 0 Å². The number of nitrogens with two attached hydrogens (primary N) is 2.